The lowest BCUT2D eigenvalue weighted by atomic mass is 9.84. The third-order valence-electron chi connectivity index (χ3n) is 14.0. The van der Waals surface area contributed by atoms with E-state index < -0.39 is 63.3 Å². The van der Waals surface area contributed by atoms with Crippen LogP contribution in [0.25, 0.3) is 33.3 Å². The number of pyridine rings is 2. The van der Waals surface area contributed by atoms with Gasteiger partial charge in [0.25, 0.3) is 11.8 Å². The predicted octanol–water partition coefficient (Wildman–Crippen LogP) is 7.46. The number of hydrogen-bond acceptors (Lipinski definition) is 12. The molecule has 0 aliphatic carbocycles. The Labute approximate surface area is 426 Å². The molecular formula is C55H70N8O8S. The maximum atomic E-state index is 14.8. The molecule has 0 spiro atoms. The Balaban J connectivity index is 1.15. The van der Waals surface area contributed by atoms with Crippen molar-refractivity contribution in [3.8, 4) is 28.1 Å². The summed E-state index contributed by atoms with van der Waals surface area (Å²) in [5.41, 5.74) is 10.5. The number of methoxy groups -OCH3 is 1. The Bertz CT molecular complexity index is 2840. The monoisotopic (exact) mass is 1000 g/mol. The summed E-state index contributed by atoms with van der Waals surface area (Å²) < 4.78 is 28.6. The van der Waals surface area contributed by atoms with Crippen molar-refractivity contribution in [1.29, 1.82) is 0 Å². The molecule has 0 saturated carbocycles. The lowest BCUT2D eigenvalue weighted by molar-refractivity contribution is -0.155. The number of carbonyl (C=O) groups excluding carboxylic acids is 4. The van der Waals surface area contributed by atoms with E-state index in [1.807, 2.05) is 64.0 Å². The molecule has 16 nitrogen and oxygen atoms in total. The van der Waals surface area contributed by atoms with E-state index in [-0.39, 0.29) is 48.9 Å². The van der Waals surface area contributed by atoms with Gasteiger partial charge in [-0.05, 0) is 131 Å². The smallest absolute Gasteiger partial charge is 0.324 e. The number of cyclic esters (lactones) is 1. The zero-order chi connectivity index (χ0) is 52.0. The summed E-state index contributed by atoms with van der Waals surface area (Å²) >= 11 is -1.20. The molecule has 17 heteroatoms. The average molecular weight is 1000 g/mol. The van der Waals surface area contributed by atoms with Crippen molar-refractivity contribution in [2.75, 3.05) is 33.9 Å². The van der Waals surface area contributed by atoms with E-state index >= 15 is 0 Å². The van der Waals surface area contributed by atoms with Crippen molar-refractivity contribution < 1.29 is 38.3 Å². The predicted molar refractivity (Wildman–Crippen MR) is 278 cm³/mol. The number of rotatable bonds is 11. The van der Waals surface area contributed by atoms with Gasteiger partial charge in [-0.1, -0.05) is 39.8 Å². The number of nitrogens with zero attached hydrogens (tertiary/aromatic N) is 6. The first-order chi connectivity index (χ1) is 34.1. The lowest BCUT2D eigenvalue weighted by Gasteiger charge is -2.36. The normalized spacial score (nSPS) is 21.7. The molecular weight excluding hydrogens is 933 g/mol. The molecule has 3 aliphatic heterocycles. The van der Waals surface area contributed by atoms with Gasteiger partial charge in [0, 0.05) is 79.3 Å². The fourth-order valence-corrected chi connectivity index (χ4v) is 11.5. The maximum absolute atomic E-state index is 14.8. The number of nitrogens with one attached hydrogen (secondary N) is 2. The van der Waals surface area contributed by atoms with Crippen molar-refractivity contribution >= 4 is 46.0 Å². The summed E-state index contributed by atoms with van der Waals surface area (Å²) in [6.45, 7) is 19.3. The summed E-state index contributed by atoms with van der Waals surface area (Å²) in [4.78, 5) is 68.3. The highest BCUT2D eigenvalue weighted by atomic mass is 32.2. The molecule has 6 bridgehead atoms. The number of benzene rings is 2. The molecule has 2 aromatic carbocycles. The first kappa shape index (κ1) is 52.5. The summed E-state index contributed by atoms with van der Waals surface area (Å²) in [7, 11) is 3.23. The van der Waals surface area contributed by atoms with E-state index in [4.69, 9.17) is 14.5 Å². The quantitative estimate of drug-likeness (QED) is 0.0673. The van der Waals surface area contributed by atoms with Crippen LogP contribution >= 0.6 is 0 Å². The minimum atomic E-state index is -1.20. The number of hydrogen-bond donors (Lipinski definition) is 3. The first-order valence-corrected chi connectivity index (χ1v) is 26.1. The highest BCUT2D eigenvalue weighted by Crippen LogP contribution is 2.43. The average Bonchev–Trinajstić information content (AvgIpc) is 4.10. The highest BCUT2D eigenvalue weighted by Gasteiger charge is 2.50. The summed E-state index contributed by atoms with van der Waals surface area (Å²) in [6.07, 6.45) is 4.41. The number of amides is 3. The third kappa shape index (κ3) is 10.9. The zero-order valence-corrected chi connectivity index (χ0v) is 44.3. The second-order valence-electron chi connectivity index (χ2n) is 21.6. The van der Waals surface area contributed by atoms with E-state index in [0.717, 1.165) is 39.0 Å². The number of aromatic nitrogens is 3. The SMILES string of the molecule is CCn1c(-c2cccnc2[C@H](C)OC)c2c3cc(ccc31)-c1cc(O)cc(c1)C[C@H](NC(=O)[C@H](C(C)C)N(C)C(=O)c1ccc([C@@H]3CN3[S+]([O-])C(C)(C)C)nc1)C(=O)N1CCC[C@H](N1)C(=O)OCC(C)(C)C2. The molecule has 0 radical (unpaired) electrons. The van der Waals surface area contributed by atoms with E-state index in [1.54, 1.807) is 44.6 Å². The fourth-order valence-electron chi connectivity index (χ4n) is 10.2. The van der Waals surface area contributed by atoms with Crippen LogP contribution in [0.1, 0.15) is 120 Å². The second-order valence-corrected chi connectivity index (χ2v) is 23.8. The van der Waals surface area contributed by atoms with Crippen LogP contribution in [0.2, 0.25) is 0 Å². The molecule has 6 heterocycles. The van der Waals surface area contributed by atoms with Crippen molar-refractivity contribution in [2.24, 2.45) is 11.3 Å². The topological polar surface area (TPSA) is 194 Å². The summed E-state index contributed by atoms with van der Waals surface area (Å²) in [5.74, 6) is -2.35. The number of carbonyl (C=O) groups is 4. The lowest BCUT2D eigenvalue weighted by Crippen LogP contribution is -2.62. The van der Waals surface area contributed by atoms with Gasteiger partial charge in [0.1, 0.15) is 34.7 Å². The van der Waals surface area contributed by atoms with E-state index in [1.165, 1.54) is 16.1 Å². The second kappa shape index (κ2) is 20.9. The Kier molecular flexibility index (Phi) is 15.3. The molecule has 3 amide bonds. The van der Waals surface area contributed by atoms with Crippen LogP contribution in [0.15, 0.2) is 73.1 Å². The molecule has 5 aromatic rings. The van der Waals surface area contributed by atoms with Gasteiger partial charge in [0.15, 0.2) is 0 Å². The Hall–Kier alpha value is -5.85. The Morgan fingerprint density at radius 1 is 1.07 bits per heavy atom. The largest absolute Gasteiger partial charge is 0.597 e. The van der Waals surface area contributed by atoms with E-state index in [0.29, 0.717) is 49.2 Å². The minimum absolute atomic E-state index is 0.0166. The molecule has 72 heavy (non-hydrogen) atoms. The van der Waals surface area contributed by atoms with Gasteiger partial charge in [-0.2, -0.15) is 0 Å². The molecule has 384 valence electrons. The number of phenolic OH excluding ortho intramolecular Hbond substituents is 1. The molecule has 2 saturated heterocycles. The Morgan fingerprint density at radius 3 is 2.51 bits per heavy atom. The molecule has 3 aromatic heterocycles. The number of likely N-dealkylation sites (N-methyl/N-ethyl adjacent to an activating group) is 1. The van der Waals surface area contributed by atoms with Crippen LogP contribution < -0.4 is 10.7 Å². The van der Waals surface area contributed by atoms with Gasteiger partial charge in [0.05, 0.1) is 41.9 Å². The van der Waals surface area contributed by atoms with Crippen molar-refractivity contribution in [3.05, 3.63) is 101 Å². The standard InChI is InChI=1S/C55H70N8O8S/c1-12-61-45-20-18-35-27-40(45)41(49(61)39-15-13-21-56-47(39)33(4)70-11)28-55(8,9)31-71-53(68)43-16-14-22-62(59-43)52(67)44(25-34-23-37(35)26-38(64)24-34)58-50(65)48(32(2)3)60(10)51(66)36-17-19-42(57-29-36)46-30-63(46)72(69)54(5,6)7/h13,15,17-21,23-24,26-27,29,32-33,43-44,46,48,59,64H,12,14,16,22,25,28,30-31H2,1-11H3,(H,58,65)/t33-,43-,44-,46-,48-,63?,72?/m0/s1. The van der Waals surface area contributed by atoms with Crippen molar-refractivity contribution in [3.63, 3.8) is 0 Å². The number of esters is 1. The molecule has 2 fully saturated rings. The number of phenols is 1. The number of ether oxygens (including phenoxy) is 2. The number of aromatic hydroxyl groups is 1. The molecule has 7 atom stereocenters. The number of fused-ring (bicyclic) bond motifs is 6. The van der Waals surface area contributed by atoms with Crippen LogP contribution in [-0.2, 0) is 54.6 Å². The van der Waals surface area contributed by atoms with Crippen LogP contribution in [0.4, 0.5) is 0 Å². The number of aryl methyl sites for hydroxylation is 1. The molecule has 3 N–H and O–H groups in total. The van der Waals surface area contributed by atoms with E-state index in [2.05, 4.69) is 59.3 Å². The van der Waals surface area contributed by atoms with Crippen LogP contribution in [0.5, 0.6) is 5.75 Å². The van der Waals surface area contributed by atoms with Gasteiger partial charge < -0.3 is 33.9 Å². The third-order valence-corrected chi connectivity index (χ3v) is 15.9. The summed E-state index contributed by atoms with van der Waals surface area (Å²) in [6, 6.07) is 15.8. The van der Waals surface area contributed by atoms with Gasteiger partial charge in [0.2, 0.25) is 5.91 Å². The highest BCUT2D eigenvalue weighted by molar-refractivity contribution is 7.90. The van der Waals surface area contributed by atoms with E-state index in [9.17, 15) is 28.8 Å². The van der Waals surface area contributed by atoms with Crippen LogP contribution in [-0.4, -0.2) is 119 Å². The minimum Gasteiger partial charge on any atom is -0.597 e. The summed E-state index contributed by atoms with van der Waals surface area (Å²) in [5, 5.41) is 16.8. The maximum Gasteiger partial charge on any atom is 0.324 e. The number of hydrazine groups is 1. The molecule has 3 aliphatic rings. The fraction of sp³-hybridized carbons (Fsp3) is 0.491. The van der Waals surface area contributed by atoms with Gasteiger partial charge in [-0.3, -0.25) is 34.2 Å². The van der Waals surface area contributed by atoms with Crippen LogP contribution in [0.3, 0.4) is 0 Å². The van der Waals surface area contributed by atoms with Gasteiger partial charge >= 0.3 is 5.97 Å². The van der Waals surface area contributed by atoms with Gasteiger partial charge in [-0.15, -0.1) is 4.31 Å². The molecule has 2 unspecified atom stereocenters. The van der Waals surface area contributed by atoms with Crippen molar-refractivity contribution in [2.45, 2.75) is 130 Å². The zero-order valence-electron chi connectivity index (χ0n) is 43.4. The molecule has 8 rings (SSSR count). The van der Waals surface area contributed by atoms with Gasteiger partial charge in [-0.25, -0.2) is 5.43 Å². The first-order valence-electron chi connectivity index (χ1n) is 25.0. The van der Waals surface area contributed by atoms with Crippen molar-refractivity contribution in [1.82, 2.24) is 39.5 Å². The van der Waals surface area contributed by atoms with Crippen LogP contribution in [0, 0.1) is 11.3 Å². The Morgan fingerprint density at radius 2 is 1.83 bits per heavy atom.